The van der Waals surface area contributed by atoms with Gasteiger partial charge in [-0.15, -0.1) is 10.2 Å². The SMILES string of the molecule is O=C(NCCc1ccccn1)Oc1ccc(N2CCN(C(=O)c3ccccc3C(F)(F)F)CC2)nn1. The average Bonchev–Trinajstić information content (AvgIpc) is 2.89. The van der Waals surface area contributed by atoms with Crippen molar-refractivity contribution >= 4 is 17.8 Å². The predicted molar refractivity (Wildman–Crippen MR) is 124 cm³/mol. The maximum atomic E-state index is 13.3. The smallest absolute Gasteiger partial charge is 0.390 e. The number of rotatable bonds is 6. The van der Waals surface area contributed by atoms with Crippen molar-refractivity contribution in [2.75, 3.05) is 37.6 Å². The topological polar surface area (TPSA) is 101 Å². The summed E-state index contributed by atoms with van der Waals surface area (Å²) in [5.74, 6) is -0.140. The zero-order valence-corrected chi connectivity index (χ0v) is 19.1. The van der Waals surface area contributed by atoms with Crippen molar-refractivity contribution in [1.82, 2.24) is 25.4 Å². The van der Waals surface area contributed by atoms with Gasteiger partial charge in [-0.25, -0.2) is 4.79 Å². The standard InChI is InChI=1S/C24H23F3N6O3/c25-24(26,27)19-7-2-1-6-18(19)22(34)33-15-13-32(14-16-33)20-8-9-21(31-30-20)36-23(35)29-12-10-17-5-3-4-11-28-17/h1-9,11H,10,12-16H2,(H,29,35). The molecular weight excluding hydrogens is 477 g/mol. The number of carbonyl (C=O) groups is 2. The van der Waals surface area contributed by atoms with Gasteiger partial charge < -0.3 is 19.9 Å². The number of nitrogens with one attached hydrogen (secondary N) is 1. The van der Waals surface area contributed by atoms with E-state index in [2.05, 4.69) is 20.5 Å². The molecule has 3 heterocycles. The maximum Gasteiger partial charge on any atom is 0.417 e. The summed E-state index contributed by atoms with van der Waals surface area (Å²) in [5, 5.41) is 10.6. The number of anilines is 1. The second-order valence-electron chi connectivity index (χ2n) is 7.94. The molecule has 1 aliphatic rings. The Labute approximate surface area is 204 Å². The molecule has 1 aromatic carbocycles. The zero-order valence-electron chi connectivity index (χ0n) is 19.1. The molecule has 0 radical (unpaired) electrons. The third-order valence-electron chi connectivity index (χ3n) is 5.55. The van der Waals surface area contributed by atoms with Gasteiger partial charge in [-0.05, 0) is 30.3 Å². The van der Waals surface area contributed by atoms with Crippen LogP contribution in [0.5, 0.6) is 5.88 Å². The lowest BCUT2D eigenvalue weighted by Gasteiger charge is -2.35. The number of piperazine rings is 1. The van der Waals surface area contributed by atoms with Crippen LogP contribution < -0.4 is 15.0 Å². The average molecular weight is 500 g/mol. The van der Waals surface area contributed by atoms with Gasteiger partial charge in [0.05, 0.1) is 11.1 Å². The summed E-state index contributed by atoms with van der Waals surface area (Å²) >= 11 is 0. The largest absolute Gasteiger partial charge is 0.417 e. The molecule has 0 atom stereocenters. The van der Waals surface area contributed by atoms with Gasteiger partial charge in [0.1, 0.15) is 0 Å². The number of hydrogen-bond donors (Lipinski definition) is 1. The number of halogens is 3. The summed E-state index contributed by atoms with van der Waals surface area (Å²) < 4.78 is 44.9. The van der Waals surface area contributed by atoms with Crippen LogP contribution in [0.4, 0.5) is 23.8 Å². The lowest BCUT2D eigenvalue weighted by Crippen LogP contribution is -2.49. The fraction of sp³-hybridized carbons (Fsp3) is 0.292. The minimum Gasteiger partial charge on any atom is -0.390 e. The van der Waals surface area contributed by atoms with Crippen LogP contribution in [-0.4, -0.2) is 64.8 Å². The first kappa shape index (κ1) is 24.9. The van der Waals surface area contributed by atoms with Crippen LogP contribution in [0.2, 0.25) is 0 Å². The molecule has 1 N–H and O–H groups in total. The Bertz CT molecular complexity index is 1180. The molecule has 9 nitrogen and oxygen atoms in total. The van der Waals surface area contributed by atoms with Crippen LogP contribution in [0.15, 0.2) is 60.8 Å². The first-order chi connectivity index (χ1) is 17.3. The van der Waals surface area contributed by atoms with Gasteiger partial charge in [0.15, 0.2) is 5.82 Å². The molecule has 1 aliphatic heterocycles. The van der Waals surface area contributed by atoms with Crippen molar-refractivity contribution in [1.29, 1.82) is 0 Å². The van der Waals surface area contributed by atoms with Gasteiger partial charge in [0, 0.05) is 57.1 Å². The number of hydrogen-bond acceptors (Lipinski definition) is 7. The first-order valence-corrected chi connectivity index (χ1v) is 11.2. The summed E-state index contributed by atoms with van der Waals surface area (Å²) in [5.41, 5.74) is -0.467. The highest BCUT2D eigenvalue weighted by molar-refractivity contribution is 5.96. The molecule has 0 aliphatic carbocycles. The minimum absolute atomic E-state index is 0.0201. The summed E-state index contributed by atoms with van der Waals surface area (Å²) in [6.45, 7) is 1.52. The molecule has 3 aromatic rings. The van der Waals surface area contributed by atoms with E-state index in [1.807, 2.05) is 23.1 Å². The number of aromatic nitrogens is 3. The summed E-state index contributed by atoms with van der Waals surface area (Å²) in [4.78, 5) is 32.1. The molecule has 0 saturated carbocycles. The molecule has 36 heavy (non-hydrogen) atoms. The zero-order chi connectivity index (χ0) is 25.5. The number of ether oxygens (including phenoxy) is 1. The molecule has 0 bridgehead atoms. The third-order valence-corrected chi connectivity index (χ3v) is 5.55. The number of pyridine rings is 1. The molecule has 1 saturated heterocycles. The van der Waals surface area contributed by atoms with E-state index in [4.69, 9.17) is 4.74 Å². The fourth-order valence-corrected chi connectivity index (χ4v) is 3.73. The Kier molecular flexibility index (Phi) is 7.62. The summed E-state index contributed by atoms with van der Waals surface area (Å²) in [6.07, 6.45) is -3.05. The van der Waals surface area contributed by atoms with Crippen LogP contribution >= 0.6 is 0 Å². The molecule has 0 spiro atoms. The number of nitrogens with zero attached hydrogens (tertiary/aromatic N) is 5. The molecule has 188 valence electrons. The van der Waals surface area contributed by atoms with Crippen molar-refractivity contribution in [3.63, 3.8) is 0 Å². The fourth-order valence-electron chi connectivity index (χ4n) is 3.73. The van der Waals surface area contributed by atoms with E-state index >= 15 is 0 Å². The van der Waals surface area contributed by atoms with E-state index in [0.717, 1.165) is 11.8 Å². The Morgan fingerprint density at radius 2 is 1.69 bits per heavy atom. The molecule has 2 aromatic heterocycles. The van der Waals surface area contributed by atoms with Gasteiger partial charge in [0.25, 0.3) is 5.91 Å². The second-order valence-corrected chi connectivity index (χ2v) is 7.94. The van der Waals surface area contributed by atoms with Crippen molar-refractivity contribution in [2.45, 2.75) is 12.6 Å². The summed E-state index contributed by atoms with van der Waals surface area (Å²) in [6, 6.07) is 13.4. The predicted octanol–water partition coefficient (Wildman–Crippen LogP) is 3.18. The first-order valence-electron chi connectivity index (χ1n) is 11.2. The van der Waals surface area contributed by atoms with Crippen molar-refractivity contribution < 1.29 is 27.5 Å². The molecule has 0 unspecified atom stereocenters. The Balaban J connectivity index is 1.26. The number of amides is 2. The van der Waals surface area contributed by atoms with Crippen LogP contribution in [0.1, 0.15) is 21.6 Å². The van der Waals surface area contributed by atoms with Gasteiger partial charge in [-0.2, -0.15) is 13.2 Å². The Morgan fingerprint density at radius 1 is 0.944 bits per heavy atom. The highest BCUT2D eigenvalue weighted by atomic mass is 19.4. The quantitative estimate of drug-likeness (QED) is 0.555. The van der Waals surface area contributed by atoms with E-state index in [-0.39, 0.29) is 24.5 Å². The summed E-state index contributed by atoms with van der Waals surface area (Å²) in [7, 11) is 0. The van der Waals surface area contributed by atoms with E-state index in [9.17, 15) is 22.8 Å². The van der Waals surface area contributed by atoms with E-state index in [1.54, 1.807) is 12.3 Å². The Hall–Kier alpha value is -4.22. The molecular formula is C24H23F3N6O3. The van der Waals surface area contributed by atoms with E-state index in [0.29, 0.717) is 31.9 Å². The minimum atomic E-state index is -4.61. The van der Waals surface area contributed by atoms with Gasteiger partial charge >= 0.3 is 12.3 Å². The molecule has 1 fully saturated rings. The third kappa shape index (κ3) is 6.26. The highest BCUT2D eigenvalue weighted by Crippen LogP contribution is 2.32. The highest BCUT2D eigenvalue weighted by Gasteiger charge is 2.36. The monoisotopic (exact) mass is 500 g/mol. The Morgan fingerprint density at radius 3 is 2.36 bits per heavy atom. The van der Waals surface area contributed by atoms with Gasteiger partial charge in [-0.1, -0.05) is 18.2 Å². The second kappa shape index (κ2) is 11.0. The lowest BCUT2D eigenvalue weighted by molar-refractivity contribution is -0.138. The van der Waals surface area contributed by atoms with Crippen LogP contribution in [0, 0.1) is 0 Å². The number of carbonyl (C=O) groups excluding carboxylic acids is 2. The molecule has 12 heteroatoms. The normalized spacial score (nSPS) is 13.9. The van der Waals surface area contributed by atoms with E-state index < -0.39 is 23.7 Å². The van der Waals surface area contributed by atoms with Crippen LogP contribution in [0.25, 0.3) is 0 Å². The van der Waals surface area contributed by atoms with E-state index in [1.165, 1.54) is 29.2 Å². The maximum absolute atomic E-state index is 13.3. The number of alkyl halides is 3. The lowest BCUT2D eigenvalue weighted by atomic mass is 10.1. The molecule has 4 rings (SSSR count). The van der Waals surface area contributed by atoms with Crippen LogP contribution in [-0.2, 0) is 12.6 Å². The van der Waals surface area contributed by atoms with Crippen molar-refractivity contribution in [3.05, 3.63) is 77.6 Å². The number of benzene rings is 1. The van der Waals surface area contributed by atoms with Gasteiger partial charge in [0.2, 0.25) is 5.88 Å². The molecule has 2 amide bonds. The van der Waals surface area contributed by atoms with Crippen molar-refractivity contribution in [2.24, 2.45) is 0 Å². The van der Waals surface area contributed by atoms with Crippen LogP contribution in [0.3, 0.4) is 0 Å². The van der Waals surface area contributed by atoms with Crippen molar-refractivity contribution in [3.8, 4) is 5.88 Å². The van der Waals surface area contributed by atoms with Gasteiger partial charge in [-0.3, -0.25) is 9.78 Å².